The third kappa shape index (κ3) is 8.01. The number of fused-ring (bicyclic) bond motifs is 3. The molecule has 0 unspecified atom stereocenters. The maximum absolute atomic E-state index is 12.0. The molecule has 0 saturated heterocycles. The monoisotopic (exact) mass is 606 g/mol. The maximum Gasteiger partial charge on any atom is 0.203 e. The van der Waals surface area contributed by atoms with Crippen LogP contribution in [0.4, 0.5) is 0 Å². The fraction of sp³-hybridized carbons (Fsp3) is 0.324. The van der Waals surface area contributed by atoms with Crippen LogP contribution in [-0.4, -0.2) is 37.2 Å². The van der Waals surface area contributed by atoms with Crippen molar-refractivity contribution in [3.8, 4) is 0 Å². The van der Waals surface area contributed by atoms with Gasteiger partial charge in [0.05, 0.1) is 17.2 Å². The molecule has 8 heteroatoms. The number of aromatic amines is 1. The second kappa shape index (κ2) is 12.6. The number of ketones is 3. The average Bonchev–Trinajstić information content (AvgIpc) is 3.72. The van der Waals surface area contributed by atoms with Gasteiger partial charge < -0.3 is 4.42 Å². The van der Waals surface area contributed by atoms with E-state index in [2.05, 4.69) is 15.3 Å². The van der Waals surface area contributed by atoms with Crippen molar-refractivity contribution in [1.82, 2.24) is 19.8 Å². The van der Waals surface area contributed by atoms with Crippen molar-refractivity contribution in [1.29, 1.82) is 0 Å². The van der Waals surface area contributed by atoms with Gasteiger partial charge in [-0.2, -0.15) is 10.2 Å². The number of rotatable bonds is 3. The molecule has 0 fully saturated rings. The second-order valence-electron chi connectivity index (χ2n) is 14.2. The van der Waals surface area contributed by atoms with Crippen LogP contribution in [0.3, 0.4) is 0 Å². The van der Waals surface area contributed by atoms with Gasteiger partial charge in [-0.3, -0.25) is 19.5 Å². The molecule has 0 aliphatic rings. The number of pyridine rings is 1. The van der Waals surface area contributed by atoms with Crippen molar-refractivity contribution >= 4 is 44.7 Å². The molecule has 0 radical (unpaired) electrons. The summed E-state index contributed by atoms with van der Waals surface area (Å²) >= 11 is 0. The van der Waals surface area contributed by atoms with Gasteiger partial charge in [-0.1, -0.05) is 98.7 Å². The molecule has 45 heavy (non-hydrogen) atoms. The zero-order chi connectivity index (χ0) is 33.2. The van der Waals surface area contributed by atoms with Gasteiger partial charge in [-0.25, -0.2) is 4.52 Å². The first-order chi connectivity index (χ1) is 20.9. The van der Waals surface area contributed by atoms with E-state index < -0.39 is 5.41 Å². The average molecular weight is 607 g/mol. The summed E-state index contributed by atoms with van der Waals surface area (Å²) in [4.78, 5) is 35.9. The molecule has 2 aromatic carbocycles. The highest BCUT2D eigenvalue weighted by Crippen LogP contribution is 2.26. The number of carbonyl (C=O) groups is 3. The molecular formula is C37H42N4O4. The summed E-state index contributed by atoms with van der Waals surface area (Å²) in [6.07, 6.45) is 3.59. The number of aromatic nitrogens is 4. The Balaban J connectivity index is 0.000000154. The Morgan fingerprint density at radius 1 is 0.689 bits per heavy atom. The van der Waals surface area contributed by atoms with E-state index >= 15 is 0 Å². The van der Waals surface area contributed by atoms with Crippen LogP contribution in [-0.2, 0) is 0 Å². The van der Waals surface area contributed by atoms with Gasteiger partial charge in [0, 0.05) is 38.8 Å². The van der Waals surface area contributed by atoms with Crippen LogP contribution in [0.25, 0.3) is 27.4 Å². The van der Waals surface area contributed by atoms with E-state index in [1.54, 1.807) is 10.7 Å². The maximum atomic E-state index is 12.0. The molecule has 0 aliphatic carbocycles. The Morgan fingerprint density at radius 2 is 1.33 bits per heavy atom. The Morgan fingerprint density at radius 3 is 1.96 bits per heavy atom. The van der Waals surface area contributed by atoms with Crippen molar-refractivity contribution in [2.24, 2.45) is 16.2 Å². The van der Waals surface area contributed by atoms with E-state index in [-0.39, 0.29) is 28.2 Å². The van der Waals surface area contributed by atoms with Crippen LogP contribution in [0.15, 0.2) is 89.6 Å². The van der Waals surface area contributed by atoms with Crippen LogP contribution >= 0.6 is 0 Å². The first-order valence-corrected chi connectivity index (χ1v) is 15.0. The second-order valence-corrected chi connectivity index (χ2v) is 14.2. The number of nitrogens with zero attached hydrogens (tertiary/aromatic N) is 3. The van der Waals surface area contributed by atoms with Crippen molar-refractivity contribution in [2.45, 2.75) is 62.3 Å². The minimum absolute atomic E-state index is 0.0405. The zero-order valence-electron chi connectivity index (χ0n) is 27.6. The van der Waals surface area contributed by atoms with Crippen molar-refractivity contribution in [3.63, 3.8) is 0 Å². The van der Waals surface area contributed by atoms with E-state index in [0.717, 1.165) is 33.0 Å². The summed E-state index contributed by atoms with van der Waals surface area (Å²) < 4.78 is 7.23. The first-order valence-electron chi connectivity index (χ1n) is 15.0. The standard InChI is InChI=1S/C13H14O2.2C12H14N2O/c1-13(2,3)12(14)11-8-9-6-4-5-7-10(9)15-11;1-12(2,3)11(15)8-4-5-9-7-13-14-10(9)6-8;1-12(2,3)11(15)10-8-9-6-4-5-7-14(9)13-10/h4-8H,1-3H3;4-7H,1-3H3,(H,13,14);4-8H,1-3H3. The van der Waals surface area contributed by atoms with Gasteiger partial charge in [0.15, 0.2) is 17.3 Å². The highest BCUT2D eigenvalue weighted by molar-refractivity contribution is 6.02. The molecule has 8 nitrogen and oxygen atoms in total. The molecule has 0 amide bonds. The number of H-pyrrole nitrogens is 1. The number of carbonyl (C=O) groups excluding carboxylic acids is 3. The summed E-state index contributed by atoms with van der Waals surface area (Å²) in [6, 6.07) is 22.7. The summed E-state index contributed by atoms with van der Waals surface area (Å²) in [5, 5.41) is 13.0. The van der Waals surface area contributed by atoms with Gasteiger partial charge >= 0.3 is 0 Å². The lowest BCUT2D eigenvalue weighted by Crippen LogP contribution is -2.20. The minimum Gasteiger partial charge on any atom is -0.453 e. The number of Topliss-reactive ketones (excluding diaryl/α,β-unsaturated/α-hetero) is 3. The topological polar surface area (TPSA) is 110 Å². The molecule has 6 rings (SSSR count). The summed E-state index contributed by atoms with van der Waals surface area (Å²) in [5.74, 6) is 0.715. The van der Waals surface area contributed by atoms with Gasteiger partial charge in [-0.05, 0) is 36.4 Å². The fourth-order valence-corrected chi connectivity index (χ4v) is 4.41. The van der Waals surface area contributed by atoms with Gasteiger partial charge in [0.2, 0.25) is 5.78 Å². The number of benzene rings is 2. The predicted octanol–water partition coefficient (Wildman–Crippen LogP) is 9.02. The quantitative estimate of drug-likeness (QED) is 0.201. The molecular weight excluding hydrogens is 564 g/mol. The number of furan rings is 1. The molecule has 4 heterocycles. The van der Waals surface area contributed by atoms with Crippen LogP contribution in [0.2, 0.25) is 0 Å². The Hall–Kier alpha value is -4.85. The van der Waals surface area contributed by atoms with Gasteiger partial charge in [0.25, 0.3) is 0 Å². The summed E-state index contributed by atoms with van der Waals surface area (Å²) in [6.45, 7) is 17.1. The Kier molecular flexibility index (Phi) is 9.28. The molecule has 0 spiro atoms. The SMILES string of the molecule is CC(C)(C)C(=O)c1cc2ccccc2o1.CC(C)(C)C(=O)c1cc2ccccn2n1.CC(C)(C)C(=O)c1ccc2cn[nH]c2c1. The van der Waals surface area contributed by atoms with Crippen LogP contribution in [0.5, 0.6) is 0 Å². The molecule has 0 aliphatic heterocycles. The number of hydrogen-bond donors (Lipinski definition) is 1. The van der Waals surface area contributed by atoms with E-state index in [9.17, 15) is 14.4 Å². The highest BCUT2D eigenvalue weighted by atomic mass is 16.3. The zero-order valence-corrected chi connectivity index (χ0v) is 27.6. The molecule has 234 valence electrons. The largest absolute Gasteiger partial charge is 0.453 e. The highest BCUT2D eigenvalue weighted by Gasteiger charge is 2.27. The summed E-state index contributed by atoms with van der Waals surface area (Å²) in [7, 11) is 0. The lowest BCUT2D eigenvalue weighted by Gasteiger charge is -2.16. The predicted molar refractivity (Wildman–Crippen MR) is 179 cm³/mol. The van der Waals surface area contributed by atoms with E-state index in [1.165, 1.54) is 0 Å². The number of hydrogen-bond acceptors (Lipinski definition) is 6. The molecule has 1 N–H and O–H groups in total. The first kappa shape index (κ1) is 33.1. The van der Waals surface area contributed by atoms with Crippen molar-refractivity contribution in [2.75, 3.05) is 0 Å². The van der Waals surface area contributed by atoms with E-state index in [1.807, 2.05) is 141 Å². The molecule has 4 aromatic heterocycles. The van der Waals surface area contributed by atoms with Crippen LogP contribution in [0, 0.1) is 16.2 Å². The van der Waals surface area contributed by atoms with E-state index in [0.29, 0.717) is 11.5 Å². The minimum atomic E-state index is -0.395. The molecule has 0 bridgehead atoms. The van der Waals surface area contributed by atoms with Crippen LogP contribution < -0.4 is 0 Å². The van der Waals surface area contributed by atoms with Gasteiger partial charge in [-0.15, -0.1) is 0 Å². The molecule has 0 saturated carbocycles. The molecule has 0 atom stereocenters. The van der Waals surface area contributed by atoms with E-state index in [4.69, 9.17) is 4.42 Å². The van der Waals surface area contributed by atoms with Gasteiger partial charge in [0.1, 0.15) is 11.3 Å². The van der Waals surface area contributed by atoms with Crippen LogP contribution in [0.1, 0.15) is 93.7 Å². The summed E-state index contributed by atoms with van der Waals surface area (Å²) in [5.41, 5.74) is 2.78. The van der Waals surface area contributed by atoms with Crippen molar-refractivity contribution in [3.05, 3.63) is 102 Å². The van der Waals surface area contributed by atoms with Crippen molar-refractivity contribution < 1.29 is 18.8 Å². The smallest absolute Gasteiger partial charge is 0.203 e. The Labute approximate surface area is 263 Å². The lowest BCUT2D eigenvalue weighted by molar-refractivity contribution is 0.0829. The Bertz CT molecular complexity index is 1780. The lowest BCUT2D eigenvalue weighted by atomic mass is 9.86. The third-order valence-electron chi connectivity index (χ3n) is 7.00. The number of nitrogens with one attached hydrogen (secondary N) is 1. The third-order valence-corrected chi connectivity index (χ3v) is 7.00. The normalized spacial score (nSPS) is 11.9. The molecule has 6 aromatic rings. The fourth-order valence-electron chi connectivity index (χ4n) is 4.41. The number of para-hydroxylation sites is 1.